The second-order valence-corrected chi connectivity index (χ2v) is 4.29. The Morgan fingerprint density at radius 2 is 2.13 bits per heavy atom. The number of urea groups is 1. The van der Waals surface area contributed by atoms with Crippen LogP contribution in [0.3, 0.4) is 0 Å². The highest BCUT2D eigenvalue weighted by atomic mass is 16.3. The minimum Gasteiger partial charge on any atom is -0.396 e. The van der Waals surface area contributed by atoms with Crippen LogP contribution in [0.2, 0.25) is 0 Å². The number of hydrogen-bond acceptors (Lipinski definition) is 3. The highest BCUT2D eigenvalue weighted by Crippen LogP contribution is 2.25. The summed E-state index contributed by atoms with van der Waals surface area (Å²) in [5.41, 5.74) is -0.763. The molecule has 5 nitrogen and oxygen atoms in total. The van der Waals surface area contributed by atoms with Gasteiger partial charge in [-0.3, -0.25) is 10.1 Å². The highest BCUT2D eigenvalue weighted by molar-refractivity contribution is 6.06. The molecule has 1 heterocycles. The lowest BCUT2D eigenvalue weighted by molar-refractivity contribution is -0.126. The summed E-state index contributed by atoms with van der Waals surface area (Å²) in [6, 6.07) is -0.357. The van der Waals surface area contributed by atoms with E-state index in [2.05, 4.69) is 5.32 Å². The van der Waals surface area contributed by atoms with Crippen molar-refractivity contribution in [2.75, 3.05) is 13.2 Å². The second kappa shape index (κ2) is 4.18. The lowest BCUT2D eigenvalue weighted by Gasteiger charge is -2.32. The fraction of sp³-hybridized carbons (Fsp3) is 0.800. The van der Waals surface area contributed by atoms with Crippen LogP contribution < -0.4 is 5.32 Å². The van der Waals surface area contributed by atoms with Crippen LogP contribution >= 0.6 is 0 Å². The summed E-state index contributed by atoms with van der Waals surface area (Å²) in [6.07, 6.45) is 0.572. The van der Waals surface area contributed by atoms with Gasteiger partial charge in [-0.2, -0.15) is 0 Å². The van der Waals surface area contributed by atoms with Gasteiger partial charge in [0.25, 0.3) is 5.91 Å². The summed E-state index contributed by atoms with van der Waals surface area (Å²) >= 11 is 0. The van der Waals surface area contributed by atoms with Crippen molar-refractivity contribution in [3.05, 3.63) is 0 Å². The third-order valence-electron chi connectivity index (χ3n) is 3.04. The molecule has 1 saturated heterocycles. The van der Waals surface area contributed by atoms with Gasteiger partial charge in [-0.15, -0.1) is 0 Å². The van der Waals surface area contributed by atoms with Crippen LogP contribution in [-0.4, -0.2) is 40.6 Å². The molecule has 0 radical (unpaired) electrons. The fourth-order valence-corrected chi connectivity index (χ4v) is 1.65. The van der Waals surface area contributed by atoms with E-state index in [1.54, 1.807) is 6.92 Å². The van der Waals surface area contributed by atoms with E-state index in [-0.39, 0.29) is 24.5 Å². The quantitative estimate of drug-likeness (QED) is 0.663. The molecule has 0 aromatic heterocycles. The Labute approximate surface area is 89.4 Å². The first-order valence-electron chi connectivity index (χ1n) is 5.19. The van der Waals surface area contributed by atoms with Crippen molar-refractivity contribution in [1.29, 1.82) is 0 Å². The van der Waals surface area contributed by atoms with Crippen molar-refractivity contribution < 1.29 is 14.7 Å². The van der Waals surface area contributed by atoms with E-state index in [0.717, 1.165) is 0 Å². The highest BCUT2D eigenvalue weighted by Gasteiger charge is 2.47. The summed E-state index contributed by atoms with van der Waals surface area (Å²) in [7, 11) is 0. The summed E-state index contributed by atoms with van der Waals surface area (Å²) in [4.78, 5) is 24.6. The van der Waals surface area contributed by atoms with Gasteiger partial charge in [-0.25, -0.2) is 4.79 Å². The Balaban J connectivity index is 2.84. The number of nitrogens with zero attached hydrogens (tertiary/aromatic N) is 1. The third kappa shape index (κ3) is 1.97. The van der Waals surface area contributed by atoms with Crippen LogP contribution in [0.15, 0.2) is 0 Å². The van der Waals surface area contributed by atoms with Crippen molar-refractivity contribution >= 4 is 11.9 Å². The molecule has 0 spiro atoms. The second-order valence-electron chi connectivity index (χ2n) is 4.29. The molecule has 0 aliphatic carbocycles. The number of hydrogen-bond donors (Lipinski definition) is 2. The maximum absolute atomic E-state index is 11.6. The van der Waals surface area contributed by atoms with Crippen LogP contribution in [-0.2, 0) is 4.79 Å². The standard InChI is InChI=1S/C10H18N2O3/c1-4-10(3)8(14)11-9(15)12(10)5-7(2)6-13/h7,13H,4-6H2,1-3H3,(H,11,14,15). The predicted octanol–water partition coefficient (Wildman–Crippen LogP) is 0.335. The van der Waals surface area contributed by atoms with Crippen molar-refractivity contribution in [2.45, 2.75) is 32.7 Å². The van der Waals surface area contributed by atoms with Crippen LogP contribution in [0.25, 0.3) is 0 Å². The van der Waals surface area contributed by atoms with Gasteiger partial charge >= 0.3 is 6.03 Å². The van der Waals surface area contributed by atoms with Gasteiger partial charge in [0.2, 0.25) is 0 Å². The number of rotatable bonds is 4. The first-order chi connectivity index (χ1) is 6.95. The third-order valence-corrected chi connectivity index (χ3v) is 3.04. The van der Waals surface area contributed by atoms with Gasteiger partial charge in [-0.05, 0) is 19.3 Å². The van der Waals surface area contributed by atoms with Crippen LogP contribution in [0.1, 0.15) is 27.2 Å². The lowest BCUT2D eigenvalue weighted by atomic mass is 9.96. The van der Waals surface area contributed by atoms with E-state index in [1.165, 1.54) is 4.90 Å². The summed E-state index contributed by atoms with van der Waals surface area (Å²) in [6.45, 7) is 5.87. The SMILES string of the molecule is CCC1(C)C(=O)NC(=O)N1CC(C)CO. The molecule has 86 valence electrons. The van der Waals surface area contributed by atoms with Crippen molar-refractivity contribution in [2.24, 2.45) is 5.92 Å². The molecule has 2 unspecified atom stereocenters. The number of aliphatic hydroxyl groups excluding tert-OH is 1. The molecule has 2 N–H and O–H groups in total. The number of carbonyl (C=O) groups excluding carboxylic acids is 2. The molecular formula is C10H18N2O3. The average molecular weight is 214 g/mol. The maximum atomic E-state index is 11.6. The van der Waals surface area contributed by atoms with E-state index in [9.17, 15) is 9.59 Å². The molecule has 0 saturated carbocycles. The molecule has 1 fully saturated rings. The van der Waals surface area contributed by atoms with Crippen LogP contribution in [0.5, 0.6) is 0 Å². The first-order valence-corrected chi connectivity index (χ1v) is 5.19. The van der Waals surface area contributed by atoms with E-state index in [0.29, 0.717) is 13.0 Å². The Bertz CT molecular complexity index is 280. The molecule has 3 amide bonds. The summed E-state index contributed by atoms with van der Waals surface area (Å²) in [5.74, 6) is -0.271. The average Bonchev–Trinajstić information content (AvgIpc) is 2.42. The van der Waals surface area contributed by atoms with Crippen LogP contribution in [0.4, 0.5) is 4.79 Å². The lowest BCUT2D eigenvalue weighted by Crippen LogP contribution is -2.48. The van der Waals surface area contributed by atoms with E-state index in [4.69, 9.17) is 5.11 Å². The molecule has 0 bridgehead atoms. The number of imide groups is 1. The Kier molecular flexibility index (Phi) is 3.34. The van der Waals surface area contributed by atoms with Gasteiger partial charge in [0.15, 0.2) is 0 Å². The Morgan fingerprint density at radius 1 is 1.53 bits per heavy atom. The molecule has 2 atom stereocenters. The first kappa shape index (κ1) is 12.0. The van der Waals surface area contributed by atoms with Gasteiger partial charge in [0.05, 0.1) is 0 Å². The van der Waals surface area contributed by atoms with E-state index >= 15 is 0 Å². The Morgan fingerprint density at radius 3 is 2.60 bits per heavy atom. The summed E-state index contributed by atoms with van der Waals surface area (Å²) in [5, 5.41) is 11.3. The molecule has 1 aliphatic rings. The smallest absolute Gasteiger partial charge is 0.325 e. The fourth-order valence-electron chi connectivity index (χ4n) is 1.65. The zero-order valence-electron chi connectivity index (χ0n) is 9.41. The van der Waals surface area contributed by atoms with Gasteiger partial charge in [0, 0.05) is 13.2 Å². The van der Waals surface area contributed by atoms with Gasteiger partial charge < -0.3 is 10.0 Å². The Hall–Kier alpha value is -1.10. The summed E-state index contributed by atoms with van der Waals surface area (Å²) < 4.78 is 0. The van der Waals surface area contributed by atoms with Gasteiger partial charge in [0.1, 0.15) is 5.54 Å². The zero-order chi connectivity index (χ0) is 11.6. The van der Waals surface area contributed by atoms with Crippen LogP contribution in [0, 0.1) is 5.92 Å². The van der Waals surface area contributed by atoms with Crippen molar-refractivity contribution in [1.82, 2.24) is 10.2 Å². The topological polar surface area (TPSA) is 69.6 Å². The number of aliphatic hydroxyl groups is 1. The van der Waals surface area contributed by atoms with E-state index < -0.39 is 5.54 Å². The number of nitrogens with one attached hydrogen (secondary N) is 1. The molecule has 0 aromatic rings. The molecule has 1 rings (SSSR count). The minimum absolute atomic E-state index is 0.0117. The minimum atomic E-state index is -0.763. The normalized spacial score (nSPS) is 28.1. The number of carbonyl (C=O) groups is 2. The van der Waals surface area contributed by atoms with E-state index in [1.807, 2.05) is 13.8 Å². The van der Waals surface area contributed by atoms with Gasteiger partial charge in [-0.1, -0.05) is 13.8 Å². The predicted molar refractivity (Wildman–Crippen MR) is 55.2 cm³/mol. The monoisotopic (exact) mass is 214 g/mol. The largest absolute Gasteiger partial charge is 0.396 e. The molecule has 5 heteroatoms. The number of amides is 3. The zero-order valence-corrected chi connectivity index (χ0v) is 9.41. The maximum Gasteiger partial charge on any atom is 0.325 e. The molecule has 1 aliphatic heterocycles. The van der Waals surface area contributed by atoms with Crippen molar-refractivity contribution in [3.63, 3.8) is 0 Å². The molecule has 15 heavy (non-hydrogen) atoms. The molecular weight excluding hydrogens is 196 g/mol. The van der Waals surface area contributed by atoms with Crippen molar-refractivity contribution in [3.8, 4) is 0 Å². The molecule has 0 aromatic carbocycles.